The van der Waals surface area contributed by atoms with Gasteiger partial charge in [-0.25, -0.2) is 0 Å². The molecule has 0 radical (unpaired) electrons. The predicted octanol–water partition coefficient (Wildman–Crippen LogP) is 1.56. The van der Waals surface area contributed by atoms with E-state index in [1.165, 1.54) is 0 Å². The van der Waals surface area contributed by atoms with Gasteiger partial charge in [0.25, 0.3) is 0 Å². The van der Waals surface area contributed by atoms with Crippen molar-refractivity contribution >= 4 is 0 Å². The molecule has 1 nitrogen and oxygen atoms in total. The zero-order valence-electron chi connectivity index (χ0n) is 6.56. The Balaban J connectivity index is 2.88. The van der Waals surface area contributed by atoms with Crippen LogP contribution in [0.25, 0.3) is 0 Å². The highest BCUT2D eigenvalue weighted by Gasteiger charge is 1.80. The topological polar surface area (TPSA) is 20.2 Å². The van der Waals surface area contributed by atoms with Crippen molar-refractivity contribution in [3.8, 4) is 0 Å². The first-order valence-corrected chi connectivity index (χ1v) is 2.63. The summed E-state index contributed by atoms with van der Waals surface area (Å²) in [5.41, 5.74) is 0. The van der Waals surface area contributed by atoms with Crippen molar-refractivity contribution in [1.82, 2.24) is 0 Å². The van der Waals surface area contributed by atoms with Crippen LogP contribution in [-0.4, -0.2) is 11.7 Å². The van der Waals surface area contributed by atoms with E-state index in [9.17, 15) is 0 Å². The van der Waals surface area contributed by atoms with Crippen molar-refractivity contribution in [3.05, 3.63) is 0 Å². The van der Waals surface area contributed by atoms with Gasteiger partial charge >= 0.3 is 0 Å². The molecule has 1 N–H and O–H groups in total. The maximum atomic E-state index is 8.34. The van der Waals surface area contributed by atoms with Crippen molar-refractivity contribution in [2.45, 2.75) is 32.6 Å². The van der Waals surface area contributed by atoms with Gasteiger partial charge in [0.05, 0.1) is 0 Å². The van der Waals surface area contributed by atoms with E-state index in [-0.39, 0.29) is 19.9 Å². The summed E-state index contributed by atoms with van der Waals surface area (Å²) in [6.45, 7) is 0.399. The molecule has 0 saturated heterocycles. The third-order valence-electron chi connectivity index (χ3n) is 0.816. The summed E-state index contributed by atoms with van der Waals surface area (Å²) in [6.07, 6.45) is 2.17. The van der Waals surface area contributed by atoms with Crippen LogP contribution in [0.3, 0.4) is 0 Å². The number of aliphatic hydroxyl groups excluding tert-OH is 1. The van der Waals surface area contributed by atoms with Gasteiger partial charge in [0.2, 0.25) is 0 Å². The Labute approximate surface area is 48.2 Å². The highest BCUT2D eigenvalue weighted by atomic mass is 16.2. The zero-order valence-corrected chi connectivity index (χ0v) is 4.56. The van der Waals surface area contributed by atoms with Crippen LogP contribution in [0.1, 0.15) is 35.3 Å². The van der Waals surface area contributed by atoms with Gasteiger partial charge in [-0.1, -0.05) is 26.1 Å². The minimum atomic E-state index is -0.239. The Morgan fingerprint density at radius 2 is 2.43 bits per heavy atom. The summed E-state index contributed by atoms with van der Waals surface area (Å²) < 4.78 is 13.9. The van der Waals surface area contributed by atoms with Gasteiger partial charge in [-0.15, -0.1) is 0 Å². The molecule has 0 heterocycles. The fourth-order valence-electron chi connectivity index (χ4n) is 0.400. The van der Waals surface area contributed by atoms with Gasteiger partial charge < -0.3 is 5.11 Å². The molecule has 0 aliphatic carbocycles. The van der Waals surface area contributed by atoms with Gasteiger partial charge in [-0.05, 0) is 6.42 Å². The van der Waals surface area contributed by atoms with Gasteiger partial charge in [-0.3, -0.25) is 0 Å². The summed E-state index contributed by atoms with van der Waals surface area (Å²) in [4.78, 5) is 0. The Morgan fingerprint density at radius 3 is 3.00 bits per heavy atom. The molecule has 0 aliphatic heterocycles. The molecule has 0 aromatic heterocycles. The molecule has 7 heavy (non-hydrogen) atoms. The minimum Gasteiger partial charge on any atom is -0.396 e. The largest absolute Gasteiger partial charge is 0.396 e. The fraction of sp³-hybridized carbons (Fsp3) is 1.00. The van der Waals surface area contributed by atoms with E-state index < -0.39 is 0 Å². The van der Waals surface area contributed by atoms with Crippen molar-refractivity contribution in [2.24, 2.45) is 0 Å². The van der Waals surface area contributed by atoms with Crippen LogP contribution < -0.4 is 0 Å². The first-order valence-electron chi connectivity index (χ1n) is 3.92. The molecule has 44 valence electrons. The van der Waals surface area contributed by atoms with E-state index in [0.29, 0.717) is 0 Å². The molecule has 0 aromatic carbocycles. The number of hydrogen-bond donors (Lipinski definition) is 1. The molecular formula is C6H14O. The fourth-order valence-corrected chi connectivity index (χ4v) is 0.400. The molecule has 0 aliphatic rings. The maximum absolute atomic E-state index is 8.34. The Bertz CT molecular complexity index is 59.0. The quantitative estimate of drug-likeness (QED) is 0.537. The number of aliphatic hydroxyl groups is 1. The lowest BCUT2D eigenvalue weighted by molar-refractivity contribution is 0.283. The molecule has 0 rings (SSSR count). The Morgan fingerprint density at radius 1 is 1.57 bits per heavy atom. The highest BCUT2D eigenvalue weighted by molar-refractivity contribution is 4.35. The standard InChI is InChI=1S/C6H14O/c1-2-3-4-5-6-7/h7H,2-6H2,1H3/i1D,2D. The molecule has 0 fully saturated rings. The molecule has 0 spiro atoms. The molecule has 0 bridgehead atoms. The van der Waals surface area contributed by atoms with Crippen LogP contribution in [0.15, 0.2) is 0 Å². The highest BCUT2D eigenvalue weighted by Crippen LogP contribution is 1.95. The van der Waals surface area contributed by atoms with Crippen LogP contribution in [0.5, 0.6) is 0 Å². The lowest BCUT2D eigenvalue weighted by Gasteiger charge is -1.90. The average molecular weight is 104 g/mol. The summed E-state index contributed by atoms with van der Waals surface area (Å²) in [7, 11) is 0. The van der Waals surface area contributed by atoms with Crippen LogP contribution >= 0.6 is 0 Å². The SMILES string of the molecule is [2H]CC([2H])CCCCO. The molecule has 1 atom stereocenters. The second-order valence-corrected chi connectivity index (χ2v) is 1.51. The second kappa shape index (κ2) is 5.96. The number of unbranched alkanes of at least 4 members (excludes halogenated alkanes) is 1. The van der Waals surface area contributed by atoms with E-state index in [0.717, 1.165) is 19.3 Å². The molecule has 0 aromatic rings. The summed E-state index contributed by atoms with van der Waals surface area (Å²) >= 11 is 0. The monoisotopic (exact) mass is 104 g/mol. The van der Waals surface area contributed by atoms with Crippen molar-refractivity contribution in [3.63, 3.8) is 0 Å². The lowest BCUT2D eigenvalue weighted by atomic mass is 10.2. The predicted molar refractivity (Wildman–Crippen MR) is 31.2 cm³/mol. The summed E-state index contributed by atoms with van der Waals surface area (Å²) in [6, 6.07) is 0. The lowest BCUT2D eigenvalue weighted by Crippen LogP contribution is -1.80. The van der Waals surface area contributed by atoms with E-state index >= 15 is 0 Å². The van der Waals surface area contributed by atoms with Crippen molar-refractivity contribution in [2.75, 3.05) is 6.61 Å². The van der Waals surface area contributed by atoms with Crippen LogP contribution in [0, 0.1) is 0 Å². The van der Waals surface area contributed by atoms with E-state index in [1.54, 1.807) is 0 Å². The first-order chi connectivity index (χ1) is 4.31. The Hall–Kier alpha value is -0.0400. The minimum absolute atomic E-state index is 0.186. The summed E-state index contributed by atoms with van der Waals surface area (Å²) in [5, 5.41) is 8.34. The zero-order chi connectivity index (χ0) is 7.11. The van der Waals surface area contributed by atoms with Crippen molar-refractivity contribution < 1.29 is 7.85 Å². The normalized spacial score (nSPS) is 17.9. The van der Waals surface area contributed by atoms with E-state index in [4.69, 9.17) is 7.85 Å². The first kappa shape index (κ1) is 3.90. The van der Waals surface area contributed by atoms with Gasteiger partial charge in [-0.2, -0.15) is 0 Å². The van der Waals surface area contributed by atoms with Gasteiger partial charge in [0.15, 0.2) is 0 Å². The van der Waals surface area contributed by atoms with Crippen LogP contribution in [-0.2, 0) is 0 Å². The van der Waals surface area contributed by atoms with Crippen molar-refractivity contribution in [1.29, 1.82) is 0 Å². The molecule has 0 amide bonds. The molecule has 1 unspecified atom stereocenters. The summed E-state index contributed by atoms with van der Waals surface area (Å²) in [5.74, 6) is 0. The molecule has 1 heteroatoms. The van der Waals surface area contributed by atoms with Gasteiger partial charge in [0, 0.05) is 9.35 Å². The van der Waals surface area contributed by atoms with Crippen LogP contribution in [0.4, 0.5) is 0 Å². The third-order valence-corrected chi connectivity index (χ3v) is 0.816. The smallest absolute Gasteiger partial charge is 0.0431 e. The van der Waals surface area contributed by atoms with Gasteiger partial charge in [0.1, 0.15) is 0 Å². The number of hydrogen-bond acceptors (Lipinski definition) is 1. The maximum Gasteiger partial charge on any atom is 0.0431 e. The number of rotatable bonds is 4. The molecule has 0 saturated carbocycles. The van der Waals surface area contributed by atoms with E-state index in [2.05, 4.69) is 0 Å². The van der Waals surface area contributed by atoms with Crippen LogP contribution in [0.2, 0.25) is 0 Å². The average Bonchev–Trinajstić information content (AvgIpc) is 1.89. The second-order valence-electron chi connectivity index (χ2n) is 1.51. The molecular weight excluding hydrogens is 88.1 g/mol. The third kappa shape index (κ3) is 5.96. The Kier molecular flexibility index (Phi) is 3.32. The van der Waals surface area contributed by atoms with E-state index in [1.807, 2.05) is 0 Å².